The predicted molar refractivity (Wildman–Crippen MR) is 104 cm³/mol. The van der Waals surface area contributed by atoms with Crippen LogP contribution < -0.4 is 0 Å². The van der Waals surface area contributed by atoms with E-state index in [4.69, 9.17) is 9.47 Å². The van der Waals surface area contributed by atoms with E-state index >= 15 is 0 Å². The van der Waals surface area contributed by atoms with Crippen molar-refractivity contribution in [2.75, 3.05) is 25.4 Å². The largest absolute Gasteiger partial charge is 0.444 e. The minimum absolute atomic E-state index is 0.268. The fraction of sp³-hybridized carbons (Fsp3) is 0.579. The van der Waals surface area contributed by atoms with Crippen LogP contribution in [0.5, 0.6) is 0 Å². The molecule has 0 radical (unpaired) electrons. The van der Waals surface area contributed by atoms with Crippen molar-refractivity contribution >= 4 is 28.9 Å². The zero-order chi connectivity index (χ0) is 18.7. The average molecular weight is 378 g/mol. The highest BCUT2D eigenvalue weighted by atomic mass is 32.2. The molecule has 0 bridgehead atoms. The number of aromatic nitrogens is 2. The lowest BCUT2D eigenvalue weighted by molar-refractivity contribution is -0.0458. The van der Waals surface area contributed by atoms with Crippen molar-refractivity contribution < 1.29 is 14.3 Å². The number of fused-ring (bicyclic) bond motifs is 1. The average Bonchev–Trinajstić information content (AvgIpc) is 3.02. The van der Waals surface area contributed by atoms with E-state index in [-0.39, 0.29) is 12.2 Å². The predicted octanol–water partition coefficient (Wildman–Crippen LogP) is 4.37. The van der Waals surface area contributed by atoms with Crippen molar-refractivity contribution in [1.29, 1.82) is 0 Å². The Hall–Kier alpha value is -1.73. The second kappa shape index (κ2) is 7.88. The van der Waals surface area contributed by atoms with E-state index in [1.165, 1.54) is 4.90 Å². The molecule has 26 heavy (non-hydrogen) atoms. The highest BCUT2D eigenvalue weighted by Gasteiger charge is 2.30. The molecule has 1 aromatic heterocycles. The summed E-state index contributed by atoms with van der Waals surface area (Å²) < 4.78 is 11.3. The number of ether oxygens (including phenoxy) is 2. The summed E-state index contributed by atoms with van der Waals surface area (Å²) in [7, 11) is 0. The van der Waals surface area contributed by atoms with Gasteiger partial charge in [-0.25, -0.2) is 9.78 Å². The van der Waals surface area contributed by atoms with Gasteiger partial charge in [0, 0.05) is 11.4 Å². The van der Waals surface area contributed by atoms with Crippen molar-refractivity contribution in [2.45, 2.75) is 50.7 Å². The first-order chi connectivity index (χ1) is 12.4. The van der Waals surface area contributed by atoms with Crippen molar-refractivity contribution in [2.24, 2.45) is 0 Å². The molecule has 1 aliphatic rings. The van der Waals surface area contributed by atoms with Crippen LogP contribution in [0.4, 0.5) is 4.79 Å². The highest BCUT2D eigenvalue weighted by molar-refractivity contribution is 7.99. The first-order valence-electron chi connectivity index (χ1n) is 9.07. The van der Waals surface area contributed by atoms with E-state index in [0.29, 0.717) is 19.7 Å². The Balaban J connectivity index is 1.72. The molecule has 1 aromatic carbocycles. The number of morpholine rings is 1. The number of benzene rings is 1. The minimum atomic E-state index is -0.503. The Morgan fingerprint density at radius 2 is 2.27 bits per heavy atom. The second-order valence-electron chi connectivity index (χ2n) is 7.44. The molecule has 6 nitrogen and oxygen atoms in total. The molecule has 1 N–H and O–H groups in total. The topological polar surface area (TPSA) is 67.5 Å². The van der Waals surface area contributed by atoms with Crippen LogP contribution in [-0.4, -0.2) is 52.0 Å². The number of hydrogen-bond donors (Lipinski definition) is 1. The minimum Gasteiger partial charge on any atom is -0.444 e. The van der Waals surface area contributed by atoms with Crippen LogP contribution in [0.1, 0.15) is 46.0 Å². The third-order valence-electron chi connectivity index (χ3n) is 3.97. The second-order valence-corrected chi connectivity index (χ2v) is 8.60. The summed E-state index contributed by atoms with van der Waals surface area (Å²) in [4.78, 5) is 23.3. The lowest BCUT2D eigenvalue weighted by Crippen LogP contribution is -2.44. The van der Waals surface area contributed by atoms with Gasteiger partial charge in [-0.05, 0) is 51.1 Å². The van der Waals surface area contributed by atoms with Crippen molar-refractivity contribution in [1.82, 2.24) is 14.9 Å². The Morgan fingerprint density at radius 1 is 1.46 bits per heavy atom. The molecule has 1 fully saturated rings. The molecule has 2 aromatic rings. The number of H-pyrrole nitrogens is 1. The van der Waals surface area contributed by atoms with Crippen LogP contribution in [0.3, 0.4) is 0 Å². The maximum atomic E-state index is 12.3. The molecule has 0 spiro atoms. The van der Waals surface area contributed by atoms with Gasteiger partial charge >= 0.3 is 6.09 Å². The van der Waals surface area contributed by atoms with E-state index in [9.17, 15) is 4.79 Å². The van der Waals surface area contributed by atoms with Crippen LogP contribution >= 0.6 is 11.8 Å². The Labute approximate surface area is 158 Å². The van der Waals surface area contributed by atoms with Crippen molar-refractivity contribution in [3.05, 3.63) is 24.0 Å². The summed E-state index contributed by atoms with van der Waals surface area (Å²) in [6.45, 7) is 9.23. The fourth-order valence-corrected chi connectivity index (χ4v) is 3.58. The van der Waals surface area contributed by atoms with E-state index in [2.05, 4.69) is 29.0 Å². The zero-order valence-corrected chi connectivity index (χ0v) is 16.7. The van der Waals surface area contributed by atoms with Crippen LogP contribution in [0, 0.1) is 0 Å². The van der Waals surface area contributed by atoms with Gasteiger partial charge in [0.2, 0.25) is 0 Å². The molecular weight excluding hydrogens is 350 g/mol. The third-order valence-corrected chi connectivity index (χ3v) is 5.17. The molecule has 142 valence electrons. The van der Waals surface area contributed by atoms with Gasteiger partial charge in [0.05, 0.1) is 24.2 Å². The quantitative estimate of drug-likeness (QED) is 0.801. The van der Waals surface area contributed by atoms with E-state index in [0.717, 1.165) is 29.0 Å². The summed E-state index contributed by atoms with van der Waals surface area (Å²) in [6.07, 6.45) is 0.573. The normalized spacial score (nSPS) is 18.3. The summed E-state index contributed by atoms with van der Waals surface area (Å²) in [5.74, 6) is 1.86. The summed E-state index contributed by atoms with van der Waals surface area (Å²) in [6, 6.07) is 6.25. The SMILES string of the molecule is CCCSc1ccc2nc(C3CN(C(=O)OC(C)(C)C)CCO3)[nH]c2c1. The molecule has 2 heterocycles. The third kappa shape index (κ3) is 4.71. The smallest absolute Gasteiger partial charge is 0.410 e. The van der Waals surface area contributed by atoms with Gasteiger partial charge in [-0.1, -0.05) is 6.92 Å². The Kier molecular flexibility index (Phi) is 5.77. The first kappa shape index (κ1) is 19.0. The Morgan fingerprint density at radius 3 is 3.00 bits per heavy atom. The fourth-order valence-electron chi connectivity index (χ4n) is 2.78. The molecule has 7 heteroatoms. The zero-order valence-electron chi connectivity index (χ0n) is 15.9. The van der Waals surface area contributed by atoms with Crippen molar-refractivity contribution in [3.63, 3.8) is 0 Å². The van der Waals surface area contributed by atoms with Gasteiger partial charge in [0.15, 0.2) is 0 Å². The molecule has 1 atom stereocenters. The van der Waals surface area contributed by atoms with Crippen LogP contribution in [0.15, 0.2) is 23.1 Å². The van der Waals surface area contributed by atoms with Gasteiger partial charge in [-0.3, -0.25) is 0 Å². The molecule has 0 aliphatic carbocycles. The number of nitrogens with one attached hydrogen (secondary N) is 1. The highest BCUT2D eigenvalue weighted by Crippen LogP contribution is 2.27. The van der Waals surface area contributed by atoms with Gasteiger partial charge in [0.1, 0.15) is 17.5 Å². The van der Waals surface area contributed by atoms with Gasteiger partial charge < -0.3 is 19.4 Å². The van der Waals surface area contributed by atoms with Gasteiger partial charge in [0.25, 0.3) is 0 Å². The van der Waals surface area contributed by atoms with Gasteiger partial charge in [-0.2, -0.15) is 0 Å². The van der Waals surface area contributed by atoms with Crippen molar-refractivity contribution in [3.8, 4) is 0 Å². The number of carbonyl (C=O) groups excluding carboxylic acids is 1. The lowest BCUT2D eigenvalue weighted by atomic mass is 10.2. The number of hydrogen-bond acceptors (Lipinski definition) is 5. The number of carbonyl (C=O) groups is 1. The van der Waals surface area contributed by atoms with Gasteiger partial charge in [-0.15, -0.1) is 11.8 Å². The first-order valence-corrected chi connectivity index (χ1v) is 10.1. The molecule has 0 saturated carbocycles. The maximum Gasteiger partial charge on any atom is 0.410 e. The number of aromatic amines is 1. The number of amides is 1. The summed E-state index contributed by atoms with van der Waals surface area (Å²) in [5, 5.41) is 0. The lowest BCUT2D eigenvalue weighted by Gasteiger charge is -2.33. The number of rotatable bonds is 4. The maximum absolute atomic E-state index is 12.3. The molecule has 1 aliphatic heterocycles. The standard InChI is InChI=1S/C19H27N3O3S/c1-5-10-26-13-6-7-14-15(11-13)21-17(20-14)16-12-22(8-9-24-16)18(23)25-19(2,3)4/h6-7,11,16H,5,8-10,12H2,1-4H3,(H,20,21). The Bertz CT molecular complexity index is 769. The van der Waals surface area contributed by atoms with E-state index < -0.39 is 5.60 Å². The molecule has 1 unspecified atom stereocenters. The summed E-state index contributed by atoms with van der Waals surface area (Å²) >= 11 is 1.84. The molecule has 1 amide bonds. The van der Waals surface area contributed by atoms with Crippen LogP contribution in [0.25, 0.3) is 11.0 Å². The van der Waals surface area contributed by atoms with E-state index in [1.54, 1.807) is 4.90 Å². The molecule has 3 rings (SSSR count). The molecular formula is C19H27N3O3S. The number of thioether (sulfide) groups is 1. The van der Waals surface area contributed by atoms with E-state index in [1.807, 2.05) is 38.6 Å². The molecule has 1 saturated heterocycles. The van der Waals surface area contributed by atoms with Crippen LogP contribution in [-0.2, 0) is 9.47 Å². The number of imidazole rings is 1. The summed E-state index contributed by atoms with van der Waals surface area (Å²) in [5.41, 5.74) is 1.41. The van der Waals surface area contributed by atoms with Crippen LogP contribution in [0.2, 0.25) is 0 Å². The monoisotopic (exact) mass is 377 g/mol. The number of nitrogens with zero attached hydrogens (tertiary/aromatic N) is 2.